The van der Waals surface area contributed by atoms with Crippen LogP contribution in [0.15, 0.2) is 29.4 Å². The smallest absolute Gasteiger partial charge is 0.119 e. The Balaban J connectivity index is 2.35. The zero-order chi connectivity index (χ0) is 12.5. The molecule has 1 aromatic rings. The van der Waals surface area contributed by atoms with Gasteiger partial charge in [-0.25, -0.2) is 0 Å². The van der Waals surface area contributed by atoms with Crippen molar-refractivity contribution in [1.82, 2.24) is 0 Å². The van der Waals surface area contributed by atoms with E-state index in [0.29, 0.717) is 12.3 Å². The Kier molecular flexibility index (Phi) is 6.10. The van der Waals surface area contributed by atoms with Gasteiger partial charge in [-0.2, -0.15) is 0 Å². The van der Waals surface area contributed by atoms with E-state index in [1.165, 1.54) is 0 Å². The highest BCUT2D eigenvalue weighted by Gasteiger charge is 1.98. The molecule has 4 nitrogen and oxygen atoms in total. The summed E-state index contributed by atoms with van der Waals surface area (Å²) in [7, 11) is 1.70. The van der Waals surface area contributed by atoms with Gasteiger partial charge in [0, 0.05) is 13.7 Å². The van der Waals surface area contributed by atoms with Crippen LogP contribution in [0.2, 0.25) is 0 Å². The number of unbranched alkanes of at least 4 members (excludes halogenated alkanes) is 1. The van der Waals surface area contributed by atoms with Gasteiger partial charge in [-0.3, -0.25) is 0 Å². The monoisotopic (exact) mass is 237 g/mol. The molecule has 1 rings (SSSR count). The number of methoxy groups -OCH3 is 1. The summed E-state index contributed by atoms with van der Waals surface area (Å²) in [6.45, 7) is 3.21. The summed E-state index contributed by atoms with van der Waals surface area (Å²) in [5.41, 5.74) is 1.48. The first-order chi connectivity index (χ1) is 8.27. The minimum atomic E-state index is 0.594. The topological polar surface area (TPSA) is 51.0 Å². The Hall–Kier alpha value is -1.55. The molecule has 0 unspecified atom stereocenters. The predicted molar refractivity (Wildman–Crippen MR) is 67.0 cm³/mol. The molecule has 4 heteroatoms. The van der Waals surface area contributed by atoms with Crippen LogP contribution >= 0.6 is 0 Å². The van der Waals surface area contributed by atoms with Gasteiger partial charge in [0.15, 0.2) is 0 Å². The lowest BCUT2D eigenvalue weighted by Crippen LogP contribution is -2.00. The lowest BCUT2D eigenvalue weighted by atomic mass is 10.1. The molecular weight excluding hydrogens is 218 g/mol. The zero-order valence-corrected chi connectivity index (χ0v) is 10.3. The third kappa shape index (κ3) is 4.87. The Morgan fingerprint density at radius 3 is 2.41 bits per heavy atom. The van der Waals surface area contributed by atoms with Crippen LogP contribution in [-0.2, 0) is 4.74 Å². The average molecular weight is 237 g/mol. The van der Waals surface area contributed by atoms with E-state index in [-0.39, 0.29) is 0 Å². The Morgan fingerprint density at radius 2 is 1.82 bits per heavy atom. The molecule has 0 heterocycles. The highest BCUT2D eigenvalue weighted by molar-refractivity contribution is 5.98. The zero-order valence-electron chi connectivity index (χ0n) is 10.3. The van der Waals surface area contributed by atoms with Gasteiger partial charge in [-0.15, -0.1) is 0 Å². The normalized spacial score (nSPS) is 11.5. The van der Waals surface area contributed by atoms with Gasteiger partial charge in [-0.1, -0.05) is 5.16 Å². The van der Waals surface area contributed by atoms with E-state index in [1.54, 1.807) is 14.0 Å². The molecule has 17 heavy (non-hydrogen) atoms. The number of rotatable bonds is 7. The number of benzene rings is 1. The van der Waals surface area contributed by atoms with Gasteiger partial charge in [-0.05, 0) is 49.6 Å². The standard InChI is InChI=1S/C13H19NO3/c1-11(14-15)12-5-7-13(8-6-12)17-10-4-3-9-16-2/h5-8,15H,3-4,9-10H2,1-2H3/b14-11+. The van der Waals surface area contributed by atoms with Gasteiger partial charge in [0.2, 0.25) is 0 Å². The quantitative estimate of drug-likeness (QED) is 0.343. The van der Waals surface area contributed by atoms with E-state index in [0.717, 1.165) is 30.8 Å². The van der Waals surface area contributed by atoms with Crippen LogP contribution in [-0.4, -0.2) is 31.2 Å². The fourth-order valence-electron chi connectivity index (χ4n) is 1.39. The molecule has 0 radical (unpaired) electrons. The van der Waals surface area contributed by atoms with Gasteiger partial charge in [0.1, 0.15) is 5.75 Å². The third-order valence-electron chi connectivity index (χ3n) is 2.43. The molecule has 0 atom stereocenters. The summed E-state index contributed by atoms with van der Waals surface area (Å²) in [4.78, 5) is 0. The molecule has 0 bridgehead atoms. The molecule has 0 spiro atoms. The van der Waals surface area contributed by atoms with Crippen LogP contribution in [0.5, 0.6) is 5.75 Å². The molecule has 0 saturated carbocycles. The molecule has 0 amide bonds. The summed E-state index contributed by atoms with van der Waals surface area (Å²) in [6, 6.07) is 7.50. The molecule has 0 aliphatic carbocycles. The van der Waals surface area contributed by atoms with Crippen molar-refractivity contribution in [3.05, 3.63) is 29.8 Å². The molecular formula is C13H19NO3. The molecule has 0 aliphatic rings. The van der Waals surface area contributed by atoms with Crippen molar-refractivity contribution in [2.45, 2.75) is 19.8 Å². The maximum absolute atomic E-state index is 8.63. The molecule has 0 saturated heterocycles. The van der Waals surface area contributed by atoms with E-state index in [9.17, 15) is 0 Å². The van der Waals surface area contributed by atoms with Crippen LogP contribution in [0.4, 0.5) is 0 Å². The lowest BCUT2D eigenvalue weighted by Gasteiger charge is -2.06. The lowest BCUT2D eigenvalue weighted by molar-refractivity contribution is 0.184. The van der Waals surface area contributed by atoms with Crippen molar-refractivity contribution in [2.75, 3.05) is 20.3 Å². The van der Waals surface area contributed by atoms with Gasteiger partial charge in [0.25, 0.3) is 0 Å². The van der Waals surface area contributed by atoms with Crippen molar-refractivity contribution >= 4 is 5.71 Å². The van der Waals surface area contributed by atoms with Crippen LogP contribution in [0, 0.1) is 0 Å². The van der Waals surface area contributed by atoms with Crippen LogP contribution in [0.1, 0.15) is 25.3 Å². The number of hydrogen-bond donors (Lipinski definition) is 1. The fraction of sp³-hybridized carbons (Fsp3) is 0.462. The van der Waals surface area contributed by atoms with E-state index >= 15 is 0 Å². The third-order valence-corrected chi connectivity index (χ3v) is 2.43. The minimum Gasteiger partial charge on any atom is -0.494 e. The van der Waals surface area contributed by atoms with Crippen molar-refractivity contribution in [2.24, 2.45) is 5.16 Å². The summed E-state index contributed by atoms with van der Waals surface area (Å²) < 4.78 is 10.5. The highest BCUT2D eigenvalue weighted by Crippen LogP contribution is 2.13. The Morgan fingerprint density at radius 1 is 1.18 bits per heavy atom. The number of ether oxygens (including phenoxy) is 2. The summed E-state index contributed by atoms with van der Waals surface area (Å²) in [5.74, 6) is 0.830. The first-order valence-corrected chi connectivity index (χ1v) is 5.68. The van der Waals surface area contributed by atoms with E-state index in [1.807, 2.05) is 24.3 Å². The highest BCUT2D eigenvalue weighted by atomic mass is 16.5. The molecule has 94 valence electrons. The summed E-state index contributed by atoms with van der Waals surface area (Å²) in [5, 5.41) is 11.8. The predicted octanol–water partition coefficient (Wildman–Crippen LogP) is 2.69. The van der Waals surface area contributed by atoms with Crippen molar-refractivity contribution < 1.29 is 14.7 Å². The molecule has 0 fully saturated rings. The first-order valence-electron chi connectivity index (χ1n) is 5.68. The second-order valence-corrected chi connectivity index (χ2v) is 3.76. The first kappa shape index (κ1) is 13.5. The van der Waals surface area contributed by atoms with E-state index in [4.69, 9.17) is 14.7 Å². The average Bonchev–Trinajstić information content (AvgIpc) is 2.38. The Labute approximate surface area is 102 Å². The van der Waals surface area contributed by atoms with E-state index in [2.05, 4.69) is 5.16 Å². The largest absolute Gasteiger partial charge is 0.494 e. The van der Waals surface area contributed by atoms with Crippen LogP contribution < -0.4 is 4.74 Å². The number of oxime groups is 1. The van der Waals surface area contributed by atoms with Gasteiger partial charge < -0.3 is 14.7 Å². The number of nitrogens with zero attached hydrogens (tertiary/aromatic N) is 1. The Bertz CT molecular complexity index is 346. The van der Waals surface area contributed by atoms with Crippen molar-refractivity contribution in [3.8, 4) is 5.75 Å². The maximum atomic E-state index is 8.63. The summed E-state index contributed by atoms with van der Waals surface area (Å²) in [6.07, 6.45) is 1.98. The number of hydrogen-bond acceptors (Lipinski definition) is 4. The van der Waals surface area contributed by atoms with Crippen LogP contribution in [0.3, 0.4) is 0 Å². The second-order valence-electron chi connectivity index (χ2n) is 3.76. The van der Waals surface area contributed by atoms with Crippen molar-refractivity contribution in [3.63, 3.8) is 0 Å². The summed E-state index contributed by atoms with van der Waals surface area (Å²) >= 11 is 0. The second kappa shape index (κ2) is 7.68. The molecule has 1 N–H and O–H groups in total. The SMILES string of the molecule is COCCCCOc1ccc(/C(C)=N/O)cc1. The van der Waals surface area contributed by atoms with Crippen molar-refractivity contribution in [1.29, 1.82) is 0 Å². The maximum Gasteiger partial charge on any atom is 0.119 e. The van der Waals surface area contributed by atoms with E-state index < -0.39 is 0 Å². The molecule has 0 aliphatic heterocycles. The van der Waals surface area contributed by atoms with Crippen LogP contribution in [0.25, 0.3) is 0 Å². The van der Waals surface area contributed by atoms with Gasteiger partial charge in [0.05, 0.1) is 12.3 Å². The molecule has 1 aromatic carbocycles. The fourth-order valence-corrected chi connectivity index (χ4v) is 1.39. The molecule has 0 aromatic heterocycles. The van der Waals surface area contributed by atoms with Gasteiger partial charge >= 0.3 is 0 Å². The minimum absolute atomic E-state index is 0.594.